The second-order valence-electron chi connectivity index (χ2n) is 7.35. The molecular weight excluding hydrogens is 438 g/mol. The second kappa shape index (κ2) is 10.0. The van der Waals surface area contributed by atoms with E-state index in [4.69, 9.17) is 19.3 Å². The lowest BCUT2D eigenvalue weighted by Gasteiger charge is -2.17. The van der Waals surface area contributed by atoms with Gasteiger partial charge in [-0.2, -0.15) is 0 Å². The summed E-state index contributed by atoms with van der Waals surface area (Å²) in [5.41, 5.74) is 8.49. The van der Waals surface area contributed by atoms with Crippen LogP contribution in [0.2, 0.25) is 0 Å². The normalized spacial score (nSPS) is 10.7. The van der Waals surface area contributed by atoms with E-state index in [9.17, 15) is 9.59 Å². The van der Waals surface area contributed by atoms with Gasteiger partial charge < -0.3 is 29.5 Å². The van der Waals surface area contributed by atoms with Gasteiger partial charge in [0.05, 0.1) is 37.2 Å². The molecule has 0 fully saturated rings. The molecule has 0 bridgehead atoms. The van der Waals surface area contributed by atoms with Crippen molar-refractivity contribution in [3.05, 3.63) is 72.2 Å². The number of aromatic nitrogens is 2. The number of oxazole rings is 2. The Kier molecular flexibility index (Phi) is 6.69. The number of rotatable bonds is 8. The van der Waals surface area contributed by atoms with E-state index in [0.29, 0.717) is 29.4 Å². The lowest BCUT2D eigenvalue weighted by atomic mass is 10.1. The number of anilines is 2. The molecule has 0 atom stereocenters. The summed E-state index contributed by atoms with van der Waals surface area (Å²) in [4.78, 5) is 34.2. The number of benzene rings is 2. The molecule has 10 nitrogen and oxygen atoms in total. The number of nitrogens with one attached hydrogen (secondary N) is 1. The number of hydrogen-bond donors (Lipinski definition) is 2. The Bertz CT molecular complexity index is 1300. The molecule has 3 N–H and O–H groups in total. The first-order valence-electron chi connectivity index (χ1n) is 10.4. The number of hydrogen-bond acceptors (Lipinski definition) is 9. The standard InChI is InChI=1S/C24H23N5O5/c1-29(21(30)12-25)14-15-5-3-4-6-17(15)20-13-27-24(34-20)28-16-7-8-18(22-26-9-10-33-22)19(11-16)23(31)32-2/h3-11,13H,12,14,25H2,1-2H3,(H,27,28). The van der Waals surface area contributed by atoms with Gasteiger partial charge in [-0.1, -0.05) is 24.3 Å². The number of amides is 1. The fourth-order valence-corrected chi connectivity index (χ4v) is 3.42. The Morgan fingerprint density at radius 3 is 2.71 bits per heavy atom. The van der Waals surface area contributed by atoms with Gasteiger partial charge >= 0.3 is 5.97 Å². The molecule has 1 amide bonds. The van der Waals surface area contributed by atoms with Gasteiger partial charge in [0.2, 0.25) is 11.8 Å². The van der Waals surface area contributed by atoms with E-state index < -0.39 is 5.97 Å². The summed E-state index contributed by atoms with van der Waals surface area (Å²) in [5, 5.41) is 3.06. The number of carbonyl (C=O) groups excluding carboxylic acids is 2. The first kappa shape index (κ1) is 22.7. The third kappa shape index (κ3) is 4.81. The Labute approximate surface area is 195 Å². The van der Waals surface area contributed by atoms with E-state index in [1.165, 1.54) is 19.6 Å². The van der Waals surface area contributed by atoms with Gasteiger partial charge in [0.15, 0.2) is 5.76 Å². The average molecular weight is 461 g/mol. The van der Waals surface area contributed by atoms with Crippen molar-refractivity contribution >= 4 is 23.6 Å². The van der Waals surface area contributed by atoms with Gasteiger partial charge in [0.1, 0.15) is 6.26 Å². The van der Waals surface area contributed by atoms with E-state index in [1.54, 1.807) is 36.3 Å². The molecule has 0 unspecified atom stereocenters. The van der Waals surface area contributed by atoms with Crippen LogP contribution in [0.25, 0.3) is 22.8 Å². The van der Waals surface area contributed by atoms with Crippen molar-refractivity contribution in [2.75, 3.05) is 26.0 Å². The van der Waals surface area contributed by atoms with E-state index >= 15 is 0 Å². The van der Waals surface area contributed by atoms with Crippen LogP contribution in [-0.4, -0.2) is 47.4 Å². The summed E-state index contributed by atoms with van der Waals surface area (Å²) < 4.78 is 16.1. The molecule has 4 aromatic rings. The van der Waals surface area contributed by atoms with E-state index in [-0.39, 0.29) is 24.0 Å². The minimum absolute atomic E-state index is 0.0582. The number of esters is 1. The van der Waals surface area contributed by atoms with Crippen LogP contribution in [0.15, 0.2) is 70.0 Å². The number of likely N-dealkylation sites (N-methyl/N-ethyl adjacent to an activating group) is 1. The van der Waals surface area contributed by atoms with Gasteiger partial charge in [-0.05, 0) is 23.8 Å². The van der Waals surface area contributed by atoms with Crippen molar-refractivity contribution in [1.29, 1.82) is 0 Å². The van der Waals surface area contributed by atoms with Gasteiger partial charge in [0, 0.05) is 24.8 Å². The number of nitrogens with zero attached hydrogens (tertiary/aromatic N) is 3. The van der Waals surface area contributed by atoms with Crippen molar-refractivity contribution in [1.82, 2.24) is 14.9 Å². The second-order valence-corrected chi connectivity index (χ2v) is 7.35. The Morgan fingerprint density at radius 1 is 1.15 bits per heavy atom. The molecule has 34 heavy (non-hydrogen) atoms. The molecule has 2 aromatic carbocycles. The first-order valence-corrected chi connectivity index (χ1v) is 10.4. The zero-order valence-corrected chi connectivity index (χ0v) is 18.6. The highest BCUT2D eigenvalue weighted by Gasteiger charge is 2.18. The van der Waals surface area contributed by atoms with Crippen LogP contribution in [0.1, 0.15) is 15.9 Å². The monoisotopic (exact) mass is 461 g/mol. The SMILES string of the molecule is COC(=O)c1cc(Nc2ncc(-c3ccccc3CN(C)C(=O)CN)o2)ccc1-c1ncco1. The summed E-state index contributed by atoms with van der Waals surface area (Å²) >= 11 is 0. The van der Waals surface area contributed by atoms with Crippen LogP contribution in [0, 0.1) is 0 Å². The maximum Gasteiger partial charge on any atom is 0.338 e. The molecule has 0 aliphatic rings. The highest BCUT2D eigenvalue weighted by Crippen LogP contribution is 2.30. The minimum atomic E-state index is -0.532. The fraction of sp³-hybridized carbons (Fsp3) is 0.167. The molecule has 0 spiro atoms. The van der Waals surface area contributed by atoms with Crippen molar-refractivity contribution < 1.29 is 23.2 Å². The third-order valence-corrected chi connectivity index (χ3v) is 5.14. The van der Waals surface area contributed by atoms with Gasteiger partial charge in [0.25, 0.3) is 6.01 Å². The van der Waals surface area contributed by atoms with Crippen LogP contribution in [-0.2, 0) is 16.1 Å². The first-order chi connectivity index (χ1) is 16.5. The zero-order valence-electron chi connectivity index (χ0n) is 18.6. The van der Waals surface area contributed by atoms with Crippen molar-refractivity contribution in [2.24, 2.45) is 5.73 Å². The number of ether oxygens (including phenoxy) is 1. The highest BCUT2D eigenvalue weighted by atomic mass is 16.5. The molecule has 4 rings (SSSR count). The largest absolute Gasteiger partial charge is 0.465 e. The van der Waals surface area contributed by atoms with Gasteiger partial charge in [-0.3, -0.25) is 4.79 Å². The third-order valence-electron chi connectivity index (χ3n) is 5.14. The summed E-state index contributed by atoms with van der Waals surface area (Å²) in [7, 11) is 3.00. The van der Waals surface area contributed by atoms with Gasteiger partial charge in [-0.25, -0.2) is 14.8 Å². The highest BCUT2D eigenvalue weighted by molar-refractivity contribution is 5.97. The van der Waals surface area contributed by atoms with Crippen LogP contribution in [0.3, 0.4) is 0 Å². The van der Waals surface area contributed by atoms with Crippen LogP contribution in [0.4, 0.5) is 11.7 Å². The summed E-state index contributed by atoms with van der Waals surface area (Å²) in [6.07, 6.45) is 4.52. The average Bonchev–Trinajstić information content (AvgIpc) is 3.56. The molecule has 0 saturated carbocycles. The summed E-state index contributed by atoms with van der Waals surface area (Å²) in [6.45, 7) is 0.317. The maximum atomic E-state index is 12.3. The number of methoxy groups -OCH3 is 1. The van der Waals surface area contributed by atoms with Crippen molar-refractivity contribution in [3.8, 4) is 22.8 Å². The van der Waals surface area contributed by atoms with E-state index in [2.05, 4.69) is 15.3 Å². The molecule has 2 heterocycles. The fourth-order valence-electron chi connectivity index (χ4n) is 3.42. The molecule has 0 aliphatic carbocycles. The topological polar surface area (TPSA) is 137 Å². The lowest BCUT2D eigenvalue weighted by molar-refractivity contribution is -0.128. The van der Waals surface area contributed by atoms with E-state index in [1.807, 2.05) is 24.3 Å². The zero-order chi connectivity index (χ0) is 24.1. The molecule has 2 aromatic heterocycles. The Morgan fingerprint density at radius 2 is 1.97 bits per heavy atom. The van der Waals surface area contributed by atoms with E-state index in [0.717, 1.165) is 11.1 Å². The molecule has 0 aliphatic heterocycles. The van der Waals surface area contributed by atoms with Crippen molar-refractivity contribution in [3.63, 3.8) is 0 Å². The molecule has 0 radical (unpaired) electrons. The van der Waals surface area contributed by atoms with Crippen LogP contribution in [0.5, 0.6) is 0 Å². The van der Waals surface area contributed by atoms with Crippen LogP contribution < -0.4 is 11.1 Å². The molecule has 0 saturated heterocycles. The predicted octanol–water partition coefficient (Wildman–Crippen LogP) is 3.44. The Hall–Kier alpha value is -4.44. The molecular formula is C24H23N5O5. The predicted molar refractivity (Wildman–Crippen MR) is 124 cm³/mol. The number of carbonyl (C=O) groups is 2. The minimum Gasteiger partial charge on any atom is -0.465 e. The van der Waals surface area contributed by atoms with Gasteiger partial charge in [-0.15, -0.1) is 0 Å². The molecule has 10 heteroatoms. The maximum absolute atomic E-state index is 12.3. The van der Waals surface area contributed by atoms with Crippen LogP contribution >= 0.6 is 0 Å². The Balaban J connectivity index is 1.59. The summed E-state index contributed by atoms with van der Waals surface area (Å²) in [6, 6.07) is 12.9. The van der Waals surface area contributed by atoms with Crippen molar-refractivity contribution in [2.45, 2.75) is 6.54 Å². The lowest BCUT2D eigenvalue weighted by Crippen LogP contribution is -2.32. The quantitative estimate of drug-likeness (QED) is 0.378. The summed E-state index contributed by atoms with van der Waals surface area (Å²) in [5.74, 6) is 0.135. The number of nitrogens with two attached hydrogens (primary N) is 1. The smallest absolute Gasteiger partial charge is 0.338 e. The molecule has 174 valence electrons.